The van der Waals surface area contributed by atoms with Gasteiger partial charge < -0.3 is 20.3 Å². The molecular formula is C14H28ClN3O3. The predicted molar refractivity (Wildman–Crippen MR) is 84.7 cm³/mol. The van der Waals surface area contributed by atoms with Crippen LogP contribution in [0.25, 0.3) is 0 Å². The first-order chi connectivity index (χ1) is 9.74. The number of hydrogen-bond donors (Lipinski definition) is 2. The molecule has 21 heavy (non-hydrogen) atoms. The van der Waals surface area contributed by atoms with Crippen LogP contribution >= 0.6 is 12.4 Å². The monoisotopic (exact) mass is 321 g/mol. The van der Waals surface area contributed by atoms with E-state index < -0.39 is 0 Å². The fourth-order valence-electron chi connectivity index (χ4n) is 2.23. The number of likely N-dealkylation sites (tertiary alicyclic amines) is 1. The van der Waals surface area contributed by atoms with E-state index in [-0.39, 0.29) is 30.8 Å². The molecule has 124 valence electrons. The zero-order chi connectivity index (χ0) is 14.6. The van der Waals surface area contributed by atoms with Crippen molar-refractivity contribution >= 4 is 24.2 Å². The Morgan fingerprint density at radius 1 is 1.10 bits per heavy atom. The molecule has 0 aromatic heterocycles. The summed E-state index contributed by atoms with van der Waals surface area (Å²) >= 11 is 0. The third-order valence-corrected chi connectivity index (χ3v) is 3.39. The molecule has 2 N–H and O–H groups in total. The van der Waals surface area contributed by atoms with Gasteiger partial charge in [0.15, 0.2) is 0 Å². The van der Waals surface area contributed by atoms with Crippen molar-refractivity contribution in [2.45, 2.75) is 32.1 Å². The van der Waals surface area contributed by atoms with Crippen molar-refractivity contribution in [3.8, 4) is 0 Å². The molecule has 0 aliphatic carbocycles. The summed E-state index contributed by atoms with van der Waals surface area (Å²) in [6.45, 7) is 3.65. The van der Waals surface area contributed by atoms with Crippen molar-refractivity contribution in [3.63, 3.8) is 0 Å². The van der Waals surface area contributed by atoms with Crippen LogP contribution in [0.3, 0.4) is 0 Å². The fourth-order valence-corrected chi connectivity index (χ4v) is 2.23. The number of carbonyl (C=O) groups is 2. The summed E-state index contributed by atoms with van der Waals surface area (Å²) in [7, 11) is 1.62. The second kappa shape index (κ2) is 12.9. The molecule has 1 saturated heterocycles. The smallest absolute Gasteiger partial charge is 0.233 e. The summed E-state index contributed by atoms with van der Waals surface area (Å²) in [5, 5.41) is 5.72. The molecular weight excluding hydrogens is 294 g/mol. The minimum absolute atomic E-state index is 0. The highest BCUT2D eigenvalue weighted by atomic mass is 35.5. The highest BCUT2D eigenvalue weighted by molar-refractivity contribution is 5.85. The molecule has 1 fully saturated rings. The average molecular weight is 322 g/mol. The van der Waals surface area contributed by atoms with E-state index in [1.165, 1.54) is 12.8 Å². The lowest BCUT2D eigenvalue weighted by atomic mass is 10.2. The maximum absolute atomic E-state index is 12.0. The quantitative estimate of drug-likeness (QED) is 0.641. The van der Waals surface area contributed by atoms with Gasteiger partial charge in [0.2, 0.25) is 11.8 Å². The summed E-state index contributed by atoms with van der Waals surface area (Å²) in [4.78, 5) is 25.4. The Morgan fingerprint density at radius 3 is 2.38 bits per heavy atom. The van der Waals surface area contributed by atoms with Gasteiger partial charge in [0.1, 0.15) is 0 Å². The molecule has 7 heteroatoms. The molecule has 6 nitrogen and oxygen atoms in total. The third-order valence-electron chi connectivity index (χ3n) is 3.39. The molecule has 0 aromatic rings. The summed E-state index contributed by atoms with van der Waals surface area (Å²) in [5.74, 6) is 0.0734. The number of methoxy groups -OCH3 is 1. The summed E-state index contributed by atoms with van der Waals surface area (Å²) in [6.07, 6.45) is 5.02. The van der Waals surface area contributed by atoms with Crippen molar-refractivity contribution < 1.29 is 14.3 Å². The van der Waals surface area contributed by atoms with E-state index in [1.54, 1.807) is 7.11 Å². The molecule has 1 aliphatic rings. The van der Waals surface area contributed by atoms with Crippen LogP contribution in [0.4, 0.5) is 0 Å². The molecule has 1 aliphatic heterocycles. The van der Waals surface area contributed by atoms with Crippen molar-refractivity contribution in [1.29, 1.82) is 0 Å². The number of nitrogens with one attached hydrogen (secondary N) is 2. The first kappa shape index (κ1) is 20.1. The first-order valence-electron chi connectivity index (χ1n) is 7.48. The lowest BCUT2D eigenvalue weighted by molar-refractivity contribution is -0.131. The first-order valence-corrected chi connectivity index (χ1v) is 7.48. The summed E-state index contributed by atoms with van der Waals surface area (Å²) < 4.78 is 4.87. The normalized spacial score (nSPS) is 15.0. The number of carbonyl (C=O) groups excluding carboxylic acids is 2. The SMILES string of the molecule is COCCNCC(=O)NCCC(=O)N1CCCCCC1.Cl. The molecule has 1 heterocycles. The van der Waals surface area contributed by atoms with Crippen LogP contribution in [-0.4, -0.2) is 63.2 Å². The Morgan fingerprint density at radius 2 is 1.76 bits per heavy atom. The van der Waals surface area contributed by atoms with E-state index in [1.807, 2.05) is 4.90 Å². The van der Waals surface area contributed by atoms with Crippen LogP contribution in [-0.2, 0) is 14.3 Å². The highest BCUT2D eigenvalue weighted by Crippen LogP contribution is 2.10. The van der Waals surface area contributed by atoms with Gasteiger partial charge in [-0.05, 0) is 12.8 Å². The Balaban J connectivity index is 0.00000400. The second-order valence-corrected chi connectivity index (χ2v) is 5.06. The summed E-state index contributed by atoms with van der Waals surface area (Å²) in [5.41, 5.74) is 0. The number of halogens is 1. The third kappa shape index (κ3) is 9.66. The Labute approximate surface area is 133 Å². The van der Waals surface area contributed by atoms with Gasteiger partial charge in [0, 0.05) is 39.7 Å². The second-order valence-electron chi connectivity index (χ2n) is 5.06. The number of amides is 2. The lowest BCUT2D eigenvalue weighted by Crippen LogP contribution is -2.38. The number of nitrogens with zero attached hydrogens (tertiary/aromatic N) is 1. The minimum Gasteiger partial charge on any atom is -0.383 e. The molecule has 0 aromatic carbocycles. The molecule has 0 spiro atoms. The van der Waals surface area contributed by atoms with E-state index in [0.29, 0.717) is 26.1 Å². The van der Waals surface area contributed by atoms with Crippen molar-refractivity contribution in [2.24, 2.45) is 0 Å². The van der Waals surface area contributed by atoms with Crippen LogP contribution < -0.4 is 10.6 Å². The van der Waals surface area contributed by atoms with Crippen LogP contribution in [0.2, 0.25) is 0 Å². The van der Waals surface area contributed by atoms with E-state index in [9.17, 15) is 9.59 Å². The van der Waals surface area contributed by atoms with Gasteiger partial charge in [-0.25, -0.2) is 0 Å². The van der Waals surface area contributed by atoms with Gasteiger partial charge in [-0.3, -0.25) is 9.59 Å². The standard InChI is InChI=1S/C14H27N3O3.ClH/c1-20-11-8-15-12-13(18)16-7-6-14(19)17-9-4-2-3-5-10-17;/h15H,2-12H2,1H3,(H,16,18);1H. The summed E-state index contributed by atoms with van der Waals surface area (Å²) in [6, 6.07) is 0. The molecule has 2 amide bonds. The van der Waals surface area contributed by atoms with Crippen LogP contribution in [0, 0.1) is 0 Å². The van der Waals surface area contributed by atoms with Crippen LogP contribution in [0.15, 0.2) is 0 Å². The van der Waals surface area contributed by atoms with Gasteiger partial charge >= 0.3 is 0 Å². The van der Waals surface area contributed by atoms with Crippen molar-refractivity contribution in [3.05, 3.63) is 0 Å². The van der Waals surface area contributed by atoms with E-state index >= 15 is 0 Å². The molecule has 0 bridgehead atoms. The molecule has 1 rings (SSSR count). The zero-order valence-electron chi connectivity index (χ0n) is 12.9. The largest absolute Gasteiger partial charge is 0.383 e. The molecule has 0 unspecified atom stereocenters. The van der Waals surface area contributed by atoms with E-state index in [2.05, 4.69) is 10.6 Å². The molecule has 0 saturated carbocycles. The van der Waals surface area contributed by atoms with Crippen LogP contribution in [0.1, 0.15) is 32.1 Å². The Hall–Kier alpha value is -0.850. The van der Waals surface area contributed by atoms with Gasteiger partial charge in [0.05, 0.1) is 13.2 Å². The Bertz CT molecular complexity index is 295. The Kier molecular flexibility index (Phi) is 12.3. The highest BCUT2D eigenvalue weighted by Gasteiger charge is 2.15. The van der Waals surface area contributed by atoms with E-state index in [0.717, 1.165) is 25.9 Å². The number of rotatable bonds is 8. The van der Waals surface area contributed by atoms with Crippen molar-refractivity contribution in [1.82, 2.24) is 15.5 Å². The van der Waals surface area contributed by atoms with Gasteiger partial charge in [0.25, 0.3) is 0 Å². The molecule has 0 atom stereocenters. The number of ether oxygens (including phenoxy) is 1. The average Bonchev–Trinajstić information content (AvgIpc) is 2.72. The van der Waals surface area contributed by atoms with E-state index in [4.69, 9.17) is 4.74 Å². The zero-order valence-corrected chi connectivity index (χ0v) is 13.7. The maximum atomic E-state index is 12.0. The fraction of sp³-hybridized carbons (Fsp3) is 0.857. The lowest BCUT2D eigenvalue weighted by Gasteiger charge is -2.20. The topological polar surface area (TPSA) is 70.7 Å². The van der Waals surface area contributed by atoms with Gasteiger partial charge in [-0.1, -0.05) is 12.8 Å². The van der Waals surface area contributed by atoms with Gasteiger partial charge in [-0.2, -0.15) is 0 Å². The van der Waals surface area contributed by atoms with Gasteiger partial charge in [-0.15, -0.1) is 12.4 Å². The van der Waals surface area contributed by atoms with Crippen LogP contribution in [0.5, 0.6) is 0 Å². The number of hydrogen-bond acceptors (Lipinski definition) is 4. The molecule has 0 radical (unpaired) electrons. The predicted octanol–water partition coefficient (Wildman–Crippen LogP) is 0.553. The van der Waals surface area contributed by atoms with Crippen molar-refractivity contribution in [2.75, 3.05) is 46.4 Å². The minimum atomic E-state index is -0.0789. The maximum Gasteiger partial charge on any atom is 0.233 e.